The second-order valence-electron chi connectivity index (χ2n) is 12.1. The number of nitrogens with one attached hydrogen (secondary N) is 2. The monoisotopic (exact) mass is 595 g/mol. The topological polar surface area (TPSA) is 104 Å². The molecule has 5 N–H and O–H groups in total. The third-order valence-corrected chi connectivity index (χ3v) is 8.36. The molecule has 2 aromatic rings. The molecule has 0 heterocycles. The van der Waals surface area contributed by atoms with Crippen molar-refractivity contribution in [2.75, 3.05) is 13.1 Å². The molecule has 0 fully saturated rings. The summed E-state index contributed by atoms with van der Waals surface area (Å²) in [6.45, 7) is 11.1. The molecule has 1 aliphatic carbocycles. The van der Waals surface area contributed by atoms with E-state index < -0.39 is 35.0 Å². The van der Waals surface area contributed by atoms with Crippen molar-refractivity contribution in [3.8, 4) is 0 Å². The lowest BCUT2D eigenvalue weighted by Crippen LogP contribution is -2.52. The lowest BCUT2D eigenvalue weighted by molar-refractivity contribution is -0.131. The summed E-state index contributed by atoms with van der Waals surface area (Å²) in [5.41, 5.74) is 9.28. The number of allylic oxidation sites excluding steroid dienone is 2. The fourth-order valence-electron chi connectivity index (χ4n) is 6.11. The molecular weight excluding hydrogens is 548 g/mol. The highest BCUT2D eigenvalue weighted by Gasteiger charge is 2.49. The van der Waals surface area contributed by atoms with Gasteiger partial charge in [0.15, 0.2) is 0 Å². The molecule has 1 unspecified atom stereocenters. The largest absolute Gasteiger partial charge is 0.391 e. The molecule has 0 radical (unpaired) electrons. The minimum absolute atomic E-state index is 0.0134. The van der Waals surface area contributed by atoms with E-state index in [1.54, 1.807) is 6.08 Å². The summed E-state index contributed by atoms with van der Waals surface area (Å²) in [5.74, 6) is -2.98. The highest BCUT2D eigenvalue weighted by atomic mass is 19.1. The predicted molar refractivity (Wildman–Crippen MR) is 167 cm³/mol. The van der Waals surface area contributed by atoms with Crippen LogP contribution in [0.15, 0.2) is 65.3 Å². The van der Waals surface area contributed by atoms with Crippen molar-refractivity contribution in [1.82, 2.24) is 10.6 Å². The number of hydrogen-bond acceptors (Lipinski definition) is 4. The van der Waals surface area contributed by atoms with E-state index in [0.717, 1.165) is 35.6 Å². The van der Waals surface area contributed by atoms with E-state index in [1.807, 2.05) is 32.9 Å². The minimum Gasteiger partial charge on any atom is -0.391 e. The van der Waals surface area contributed by atoms with Crippen LogP contribution in [-0.4, -0.2) is 36.1 Å². The fourth-order valence-corrected chi connectivity index (χ4v) is 6.11. The van der Waals surface area contributed by atoms with E-state index in [2.05, 4.69) is 36.6 Å². The number of hydrogen-bond donors (Lipinski definition) is 4. The number of aliphatic hydroxyl groups excluding tert-OH is 1. The van der Waals surface area contributed by atoms with Gasteiger partial charge < -0.3 is 21.5 Å². The van der Waals surface area contributed by atoms with Crippen molar-refractivity contribution in [3.63, 3.8) is 0 Å². The van der Waals surface area contributed by atoms with Gasteiger partial charge in [0.25, 0.3) is 0 Å². The summed E-state index contributed by atoms with van der Waals surface area (Å²) in [6.07, 6.45) is 2.78. The second kappa shape index (κ2) is 15.4. The van der Waals surface area contributed by atoms with Crippen molar-refractivity contribution in [1.29, 1.82) is 0 Å². The van der Waals surface area contributed by atoms with E-state index in [-0.39, 0.29) is 30.9 Å². The lowest BCUT2D eigenvalue weighted by atomic mass is 9.62. The Hall–Kier alpha value is -3.36. The Morgan fingerprint density at radius 2 is 1.74 bits per heavy atom. The van der Waals surface area contributed by atoms with Crippen LogP contribution in [0.25, 0.3) is 0 Å². The smallest absolute Gasteiger partial charge is 0.247 e. The molecule has 2 amide bonds. The molecule has 8 heteroatoms. The van der Waals surface area contributed by atoms with Gasteiger partial charge in [0.1, 0.15) is 11.6 Å². The maximum absolute atomic E-state index is 14.3. The summed E-state index contributed by atoms with van der Waals surface area (Å²) in [4.78, 5) is 26.9. The van der Waals surface area contributed by atoms with E-state index in [4.69, 9.17) is 5.73 Å². The zero-order chi connectivity index (χ0) is 31.7. The van der Waals surface area contributed by atoms with Crippen LogP contribution in [0.2, 0.25) is 0 Å². The second-order valence-corrected chi connectivity index (χ2v) is 12.1. The minimum atomic E-state index is -1.47. The van der Waals surface area contributed by atoms with Gasteiger partial charge in [0, 0.05) is 37.2 Å². The summed E-state index contributed by atoms with van der Waals surface area (Å²) >= 11 is 0. The Labute approximate surface area is 254 Å². The molecule has 0 aromatic heterocycles. The first-order valence-electron chi connectivity index (χ1n) is 15.3. The van der Waals surface area contributed by atoms with Gasteiger partial charge in [-0.3, -0.25) is 9.59 Å². The summed E-state index contributed by atoms with van der Waals surface area (Å²) in [7, 11) is 0. The fraction of sp³-hybridized carbons (Fsp3) is 0.486. The van der Waals surface area contributed by atoms with Crippen LogP contribution in [0, 0.1) is 23.0 Å². The average molecular weight is 596 g/mol. The predicted octanol–water partition coefficient (Wildman–Crippen LogP) is 5.84. The van der Waals surface area contributed by atoms with Gasteiger partial charge in [0.2, 0.25) is 11.8 Å². The molecule has 0 bridgehead atoms. The maximum Gasteiger partial charge on any atom is 0.247 e. The highest BCUT2D eigenvalue weighted by Crippen LogP contribution is 2.47. The molecule has 234 valence electrons. The zero-order valence-corrected chi connectivity index (χ0v) is 26.1. The quantitative estimate of drug-likeness (QED) is 0.208. The van der Waals surface area contributed by atoms with Crippen LogP contribution in [0.4, 0.5) is 8.78 Å². The molecule has 3 rings (SSSR count). The molecule has 0 saturated heterocycles. The molecule has 0 saturated carbocycles. The van der Waals surface area contributed by atoms with Crippen molar-refractivity contribution in [2.24, 2.45) is 17.1 Å². The number of amides is 2. The molecule has 43 heavy (non-hydrogen) atoms. The first kappa shape index (κ1) is 34.1. The molecule has 3 atom stereocenters. The third-order valence-electron chi connectivity index (χ3n) is 8.36. The maximum atomic E-state index is 14.3. The number of halogens is 2. The van der Waals surface area contributed by atoms with Gasteiger partial charge >= 0.3 is 0 Å². The molecule has 2 aromatic carbocycles. The molecule has 6 nitrogen and oxygen atoms in total. The Balaban J connectivity index is 2.02. The Morgan fingerprint density at radius 1 is 1.05 bits per heavy atom. The number of rotatable bonds is 15. The SMILES string of the molecule is CCCNC(=O)C1=C(CCC)C(C)=CC(C(N)=O)([C@H](Cc2cc(F)cc(F)c2)[C@@H](O)CNCc2cccc(C(C)C)c2)C1. The molecule has 1 aliphatic rings. The first-order chi connectivity index (χ1) is 20.4. The standard InChI is InChI=1S/C35H47F2N3O3/c1-6-9-29-23(5)18-35(34(38)43,19-30(29)33(42)40-12-7-2)31(16-25-14-27(36)17-28(37)15-25)32(41)21-39-20-24-10-8-11-26(13-24)22(3)4/h8,10-11,13-15,17-18,22,31-32,39,41H,6-7,9,12,16,19-21H2,1-5H3,(H2,38,43)(H,40,42)/t31-,32+,35?/m1/s1. The molecular formula is C35H47F2N3O3. The first-order valence-corrected chi connectivity index (χ1v) is 15.3. The van der Waals surface area contributed by atoms with Crippen LogP contribution in [0.3, 0.4) is 0 Å². The van der Waals surface area contributed by atoms with Crippen LogP contribution >= 0.6 is 0 Å². The number of carbonyl (C=O) groups excluding carboxylic acids is 2. The van der Waals surface area contributed by atoms with E-state index in [9.17, 15) is 23.5 Å². The van der Waals surface area contributed by atoms with Crippen LogP contribution in [0.1, 0.15) is 82.9 Å². The number of benzene rings is 2. The Kier molecular flexibility index (Phi) is 12.2. The Morgan fingerprint density at radius 3 is 2.35 bits per heavy atom. The van der Waals surface area contributed by atoms with E-state index >= 15 is 0 Å². The summed E-state index contributed by atoms with van der Waals surface area (Å²) < 4.78 is 28.5. The van der Waals surface area contributed by atoms with Gasteiger partial charge in [-0.25, -0.2) is 8.78 Å². The van der Waals surface area contributed by atoms with Crippen molar-refractivity contribution < 1.29 is 23.5 Å². The van der Waals surface area contributed by atoms with Crippen molar-refractivity contribution in [3.05, 3.63) is 93.6 Å². The summed E-state index contributed by atoms with van der Waals surface area (Å²) in [5, 5.41) is 17.9. The van der Waals surface area contributed by atoms with Gasteiger partial charge in [-0.15, -0.1) is 0 Å². The van der Waals surface area contributed by atoms with Crippen LogP contribution in [0.5, 0.6) is 0 Å². The van der Waals surface area contributed by atoms with Crippen LogP contribution in [-0.2, 0) is 22.6 Å². The Bertz CT molecular complexity index is 1330. The van der Waals surface area contributed by atoms with Gasteiger partial charge in [-0.2, -0.15) is 0 Å². The molecule has 0 spiro atoms. The highest BCUT2D eigenvalue weighted by molar-refractivity contribution is 5.98. The van der Waals surface area contributed by atoms with E-state index in [1.165, 1.54) is 17.7 Å². The summed E-state index contributed by atoms with van der Waals surface area (Å²) in [6, 6.07) is 11.4. The van der Waals surface area contributed by atoms with Gasteiger partial charge in [0.05, 0.1) is 11.5 Å². The van der Waals surface area contributed by atoms with E-state index in [0.29, 0.717) is 31.0 Å². The lowest BCUT2D eigenvalue weighted by Gasteiger charge is -2.42. The number of aliphatic hydroxyl groups is 1. The van der Waals surface area contributed by atoms with Gasteiger partial charge in [-0.1, -0.05) is 70.0 Å². The van der Waals surface area contributed by atoms with Crippen molar-refractivity contribution >= 4 is 11.8 Å². The zero-order valence-electron chi connectivity index (χ0n) is 26.1. The third kappa shape index (κ3) is 8.61. The number of nitrogens with two attached hydrogens (primary N) is 1. The van der Waals surface area contributed by atoms with Gasteiger partial charge in [-0.05, 0) is 72.9 Å². The van der Waals surface area contributed by atoms with Crippen molar-refractivity contribution in [2.45, 2.75) is 85.3 Å². The van der Waals surface area contributed by atoms with Crippen LogP contribution < -0.4 is 16.4 Å². The number of carbonyl (C=O) groups is 2. The molecule has 0 aliphatic heterocycles. The normalized spacial score (nSPS) is 18.4. The number of primary amides is 1. The average Bonchev–Trinajstić information content (AvgIpc) is 2.95.